The number of hydrogen-bond donors (Lipinski definition) is 4. The van der Waals surface area contributed by atoms with Gasteiger partial charge < -0.3 is 26.3 Å². The summed E-state index contributed by atoms with van der Waals surface area (Å²) in [4.78, 5) is 19.4. The average molecular weight is 435 g/mol. The molecule has 0 bridgehead atoms. The summed E-state index contributed by atoms with van der Waals surface area (Å²) < 4.78 is 14.4. The average Bonchev–Trinajstić information content (AvgIpc) is 3.17. The molecule has 8 nitrogen and oxygen atoms in total. The number of aromatic nitrogens is 4. The van der Waals surface area contributed by atoms with E-state index >= 15 is 0 Å². The minimum Gasteiger partial charge on any atom is -0.386 e. The second-order valence-electron chi connectivity index (χ2n) is 8.44. The molecule has 0 spiro atoms. The number of nitrogens with two attached hydrogens (primary N) is 1. The summed E-state index contributed by atoms with van der Waals surface area (Å²) in [5.41, 5.74) is 9.46. The van der Waals surface area contributed by atoms with E-state index in [2.05, 4.69) is 32.4 Å². The number of nitrogens with zero attached hydrogens (tertiary/aromatic N) is 4. The predicted octanol–water partition coefficient (Wildman–Crippen LogP) is 3.47. The summed E-state index contributed by atoms with van der Waals surface area (Å²) in [6, 6.07) is 7.09. The maximum atomic E-state index is 14.4. The van der Waals surface area contributed by atoms with Crippen LogP contribution in [0, 0.1) is 11.7 Å². The Labute approximate surface area is 185 Å². The van der Waals surface area contributed by atoms with E-state index in [0.717, 1.165) is 47.2 Å². The maximum absolute atomic E-state index is 14.4. The number of nitrogens with one attached hydrogen (secondary N) is 3. The Balaban J connectivity index is 1.64. The van der Waals surface area contributed by atoms with Gasteiger partial charge in [-0.2, -0.15) is 9.97 Å². The van der Waals surface area contributed by atoms with Crippen LogP contribution >= 0.6 is 0 Å². The van der Waals surface area contributed by atoms with E-state index in [1.807, 2.05) is 18.3 Å². The monoisotopic (exact) mass is 434 g/mol. The molecule has 1 aromatic carbocycles. The Hall–Kier alpha value is -3.46. The number of benzene rings is 1. The van der Waals surface area contributed by atoms with Gasteiger partial charge in [0.1, 0.15) is 17.3 Å². The number of aromatic amines is 1. The summed E-state index contributed by atoms with van der Waals surface area (Å²) >= 11 is 0. The predicted molar refractivity (Wildman–Crippen MR) is 126 cm³/mol. The van der Waals surface area contributed by atoms with Gasteiger partial charge in [-0.15, -0.1) is 0 Å². The standard InChI is InChI=1S/C23H27FN8/c1-13-12-32(7-5-17(13)25)22-19-16-8-15(24)9-18(26-2)20(16)29-21(19)30-23(31-22)28-11-14-4-3-6-27-10-14/h3-4,6,8-10,13,17,26H,5,7,11-12,25H2,1-2H3,(H2,28,29,30,31)/t13-,17-/m1/s1. The summed E-state index contributed by atoms with van der Waals surface area (Å²) in [5, 5.41) is 7.98. The summed E-state index contributed by atoms with van der Waals surface area (Å²) in [6.07, 6.45) is 4.43. The van der Waals surface area contributed by atoms with Crippen molar-refractivity contribution in [3.8, 4) is 0 Å². The van der Waals surface area contributed by atoms with Gasteiger partial charge in [0, 0.05) is 50.5 Å². The molecule has 1 aliphatic heterocycles. The van der Waals surface area contributed by atoms with Gasteiger partial charge in [-0.1, -0.05) is 13.0 Å². The molecule has 0 aliphatic carbocycles. The van der Waals surface area contributed by atoms with Crippen LogP contribution in [-0.4, -0.2) is 46.1 Å². The lowest BCUT2D eigenvalue weighted by Crippen LogP contribution is -2.46. The van der Waals surface area contributed by atoms with Gasteiger partial charge in [-0.3, -0.25) is 4.98 Å². The quantitative estimate of drug-likeness (QED) is 0.381. The first-order valence-corrected chi connectivity index (χ1v) is 10.9. The van der Waals surface area contributed by atoms with Gasteiger partial charge in [0.05, 0.1) is 16.6 Å². The molecule has 4 heterocycles. The third-order valence-electron chi connectivity index (χ3n) is 6.22. The van der Waals surface area contributed by atoms with Gasteiger partial charge in [-0.25, -0.2) is 4.39 Å². The first-order valence-electron chi connectivity index (χ1n) is 10.9. The highest BCUT2D eigenvalue weighted by atomic mass is 19.1. The maximum Gasteiger partial charge on any atom is 0.226 e. The van der Waals surface area contributed by atoms with E-state index < -0.39 is 0 Å². The molecule has 0 amide bonds. The van der Waals surface area contributed by atoms with Crippen molar-refractivity contribution in [2.75, 3.05) is 35.7 Å². The Morgan fingerprint density at radius 2 is 2.19 bits per heavy atom. The highest BCUT2D eigenvalue weighted by Gasteiger charge is 2.27. The zero-order chi connectivity index (χ0) is 22.2. The molecule has 0 radical (unpaired) electrons. The molecular formula is C23H27FN8. The molecule has 5 rings (SSSR count). The minimum atomic E-state index is -0.304. The van der Waals surface area contributed by atoms with Crippen LogP contribution in [0.15, 0.2) is 36.7 Å². The largest absolute Gasteiger partial charge is 0.386 e. The van der Waals surface area contributed by atoms with E-state index in [9.17, 15) is 4.39 Å². The van der Waals surface area contributed by atoms with Gasteiger partial charge in [-0.05, 0) is 36.1 Å². The number of pyridine rings is 1. The van der Waals surface area contributed by atoms with E-state index in [-0.39, 0.29) is 11.9 Å². The molecule has 5 N–H and O–H groups in total. The van der Waals surface area contributed by atoms with Crippen molar-refractivity contribution in [3.05, 3.63) is 48.0 Å². The molecule has 166 valence electrons. The van der Waals surface area contributed by atoms with Crippen molar-refractivity contribution >= 4 is 39.4 Å². The zero-order valence-corrected chi connectivity index (χ0v) is 18.2. The first kappa shape index (κ1) is 20.4. The van der Waals surface area contributed by atoms with Crippen LogP contribution < -0.4 is 21.3 Å². The molecular weight excluding hydrogens is 407 g/mol. The van der Waals surface area contributed by atoms with Gasteiger partial charge in [0.2, 0.25) is 5.95 Å². The molecule has 2 atom stereocenters. The second kappa shape index (κ2) is 8.23. The lowest BCUT2D eigenvalue weighted by atomic mass is 9.94. The number of H-pyrrole nitrogens is 1. The van der Waals surface area contributed by atoms with Crippen LogP contribution in [0.5, 0.6) is 0 Å². The summed E-state index contributed by atoms with van der Waals surface area (Å²) in [6.45, 7) is 4.29. The highest BCUT2D eigenvalue weighted by Crippen LogP contribution is 2.37. The van der Waals surface area contributed by atoms with Crippen molar-refractivity contribution in [2.24, 2.45) is 11.7 Å². The van der Waals surface area contributed by atoms with Crippen LogP contribution in [0.1, 0.15) is 18.9 Å². The van der Waals surface area contributed by atoms with Crippen molar-refractivity contribution in [1.82, 2.24) is 19.9 Å². The van der Waals surface area contributed by atoms with Crippen molar-refractivity contribution in [1.29, 1.82) is 0 Å². The van der Waals surface area contributed by atoms with Crippen LogP contribution in [0.25, 0.3) is 21.9 Å². The molecule has 0 unspecified atom stereocenters. The Kier molecular flexibility index (Phi) is 5.26. The number of piperidine rings is 1. The van der Waals surface area contributed by atoms with Gasteiger partial charge in [0.15, 0.2) is 0 Å². The van der Waals surface area contributed by atoms with E-state index in [0.29, 0.717) is 29.7 Å². The molecule has 1 aliphatic rings. The number of rotatable bonds is 5. The molecule has 3 aromatic heterocycles. The lowest BCUT2D eigenvalue weighted by molar-refractivity contribution is 0.382. The molecule has 9 heteroatoms. The number of hydrogen-bond acceptors (Lipinski definition) is 7. The van der Waals surface area contributed by atoms with Crippen LogP contribution in [0.2, 0.25) is 0 Å². The second-order valence-corrected chi connectivity index (χ2v) is 8.44. The molecule has 1 saturated heterocycles. The van der Waals surface area contributed by atoms with Crippen molar-refractivity contribution < 1.29 is 4.39 Å². The highest BCUT2D eigenvalue weighted by molar-refractivity contribution is 6.14. The van der Waals surface area contributed by atoms with E-state index in [1.54, 1.807) is 19.3 Å². The fraction of sp³-hybridized carbons (Fsp3) is 0.348. The molecule has 32 heavy (non-hydrogen) atoms. The topological polar surface area (TPSA) is 108 Å². The third kappa shape index (κ3) is 3.69. The Morgan fingerprint density at radius 3 is 2.94 bits per heavy atom. The smallest absolute Gasteiger partial charge is 0.226 e. The lowest BCUT2D eigenvalue weighted by Gasteiger charge is -2.36. The van der Waals surface area contributed by atoms with Crippen molar-refractivity contribution in [2.45, 2.75) is 25.9 Å². The normalized spacial score (nSPS) is 18.9. The minimum absolute atomic E-state index is 0.170. The van der Waals surface area contributed by atoms with E-state index in [4.69, 9.17) is 15.7 Å². The van der Waals surface area contributed by atoms with Gasteiger partial charge in [0.25, 0.3) is 0 Å². The molecule has 0 saturated carbocycles. The third-order valence-corrected chi connectivity index (χ3v) is 6.22. The number of halogens is 1. The van der Waals surface area contributed by atoms with Gasteiger partial charge >= 0.3 is 0 Å². The molecule has 4 aromatic rings. The zero-order valence-electron chi connectivity index (χ0n) is 18.2. The Morgan fingerprint density at radius 1 is 1.31 bits per heavy atom. The number of anilines is 3. The summed E-state index contributed by atoms with van der Waals surface area (Å²) in [7, 11) is 1.78. The van der Waals surface area contributed by atoms with Crippen LogP contribution in [0.3, 0.4) is 0 Å². The SMILES string of the molecule is CNc1cc(F)cc2c1[nH]c1nc(NCc3cccnc3)nc(N3CC[C@@H](N)[C@H](C)C3)c12. The molecule has 1 fully saturated rings. The Bertz CT molecular complexity index is 1260. The van der Waals surface area contributed by atoms with Crippen LogP contribution in [0.4, 0.5) is 21.8 Å². The number of fused-ring (bicyclic) bond motifs is 3. The fourth-order valence-corrected chi connectivity index (χ4v) is 4.39. The van der Waals surface area contributed by atoms with Crippen LogP contribution in [-0.2, 0) is 6.54 Å². The fourth-order valence-electron chi connectivity index (χ4n) is 4.39. The first-order chi connectivity index (χ1) is 15.5. The van der Waals surface area contributed by atoms with Crippen molar-refractivity contribution in [3.63, 3.8) is 0 Å². The summed E-state index contributed by atoms with van der Waals surface area (Å²) in [5.74, 6) is 1.33. The van der Waals surface area contributed by atoms with E-state index in [1.165, 1.54) is 6.07 Å².